The maximum atomic E-state index is 13.2. The zero-order valence-corrected chi connectivity index (χ0v) is 15.2. The van der Waals surface area contributed by atoms with Crippen LogP contribution in [-0.4, -0.2) is 47.2 Å². The van der Waals surface area contributed by atoms with Gasteiger partial charge in [0.15, 0.2) is 0 Å². The van der Waals surface area contributed by atoms with E-state index in [0.29, 0.717) is 36.0 Å². The first-order valence-corrected chi connectivity index (χ1v) is 9.66. The smallest absolute Gasteiger partial charge is 0.247 e. The van der Waals surface area contributed by atoms with E-state index >= 15 is 0 Å². The van der Waals surface area contributed by atoms with Gasteiger partial charge in [-0.05, 0) is 20.8 Å². The number of hydrogen-bond donors (Lipinski definition) is 0. The van der Waals surface area contributed by atoms with Gasteiger partial charge in [0, 0.05) is 19.0 Å². The highest BCUT2D eigenvalue weighted by molar-refractivity contribution is 7.89. The fraction of sp³-hybridized carbons (Fsp3) is 0.571. The monoisotopic (exact) mass is 356 g/mol. The molecule has 2 aromatic heterocycles. The van der Waals surface area contributed by atoms with E-state index in [4.69, 9.17) is 4.74 Å². The van der Waals surface area contributed by atoms with Crippen LogP contribution in [0.1, 0.15) is 28.1 Å². The summed E-state index contributed by atoms with van der Waals surface area (Å²) in [6, 6.07) is -0.391. The predicted molar refractivity (Wildman–Crippen MR) is 87.0 cm³/mol. The Kier molecular flexibility index (Phi) is 4.30. The summed E-state index contributed by atoms with van der Waals surface area (Å²) in [5, 5.41) is 7.06. The maximum Gasteiger partial charge on any atom is 0.247 e. The minimum absolute atomic E-state index is 0.291. The average molecular weight is 356 g/mol. The van der Waals surface area contributed by atoms with Crippen molar-refractivity contribution in [2.75, 3.05) is 19.8 Å². The number of thiazole rings is 1. The second-order valence-corrected chi connectivity index (χ2v) is 8.51. The molecule has 7 nitrogen and oxygen atoms in total. The second kappa shape index (κ2) is 5.97. The summed E-state index contributed by atoms with van der Waals surface area (Å²) in [5.41, 5.74) is 1.90. The first-order chi connectivity index (χ1) is 10.8. The Balaban J connectivity index is 2.06. The number of hydrogen-bond acceptors (Lipinski definition) is 6. The maximum absolute atomic E-state index is 13.2. The molecule has 0 bridgehead atoms. The summed E-state index contributed by atoms with van der Waals surface area (Å²) in [6.45, 7) is 6.43. The Morgan fingerprint density at radius 3 is 2.65 bits per heavy atom. The van der Waals surface area contributed by atoms with Crippen molar-refractivity contribution in [3.8, 4) is 0 Å². The molecular weight excluding hydrogens is 336 g/mol. The number of rotatable bonds is 3. The minimum Gasteiger partial charge on any atom is -0.378 e. The van der Waals surface area contributed by atoms with Crippen LogP contribution in [-0.2, 0) is 21.8 Å². The number of aromatic nitrogens is 3. The first kappa shape index (κ1) is 16.6. The molecule has 1 aliphatic heterocycles. The average Bonchev–Trinajstić information content (AvgIpc) is 3.03. The van der Waals surface area contributed by atoms with Gasteiger partial charge in [-0.2, -0.15) is 9.40 Å². The van der Waals surface area contributed by atoms with Crippen molar-refractivity contribution in [3.05, 3.63) is 27.5 Å². The van der Waals surface area contributed by atoms with Crippen molar-refractivity contribution < 1.29 is 13.2 Å². The van der Waals surface area contributed by atoms with Gasteiger partial charge in [0.05, 0.1) is 41.3 Å². The molecule has 0 amide bonds. The lowest BCUT2D eigenvalue weighted by Gasteiger charge is -2.33. The fourth-order valence-corrected chi connectivity index (χ4v) is 5.52. The summed E-state index contributed by atoms with van der Waals surface area (Å²) < 4.78 is 35.1. The molecule has 0 spiro atoms. The minimum atomic E-state index is -3.66. The van der Waals surface area contributed by atoms with Crippen LogP contribution in [0.5, 0.6) is 0 Å². The number of morpholine rings is 1. The lowest BCUT2D eigenvalue weighted by molar-refractivity contribution is 0.0307. The Labute approximate surface area is 140 Å². The van der Waals surface area contributed by atoms with E-state index < -0.39 is 16.1 Å². The number of ether oxygens (including phenoxy) is 1. The topological polar surface area (TPSA) is 77.3 Å². The third kappa shape index (κ3) is 2.82. The number of aryl methyl sites for hydroxylation is 3. The van der Waals surface area contributed by atoms with Crippen molar-refractivity contribution in [2.45, 2.75) is 31.7 Å². The van der Waals surface area contributed by atoms with Crippen molar-refractivity contribution in [2.24, 2.45) is 7.05 Å². The van der Waals surface area contributed by atoms with Crippen LogP contribution in [0.15, 0.2) is 10.3 Å². The molecule has 0 aromatic carbocycles. The van der Waals surface area contributed by atoms with E-state index in [0.717, 1.165) is 10.7 Å². The summed E-state index contributed by atoms with van der Waals surface area (Å²) in [4.78, 5) is 4.74. The Bertz CT molecular complexity index is 825. The van der Waals surface area contributed by atoms with Gasteiger partial charge >= 0.3 is 0 Å². The summed E-state index contributed by atoms with van der Waals surface area (Å²) in [7, 11) is -1.90. The molecule has 0 radical (unpaired) electrons. The highest BCUT2D eigenvalue weighted by Gasteiger charge is 2.38. The molecule has 3 rings (SSSR count). The zero-order chi connectivity index (χ0) is 16.8. The largest absolute Gasteiger partial charge is 0.378 e. The van der Waals surface area contributed by atoms with E-state index in [2.05, 4.69) is 10.1 Å². The SMILES string of the molecule is Cc1nc([C@H]2COCCN2S(=O)(=O)c2c(C)nn(C)c2C)cs1. The van der Waals surface area contributed by atoms with Gasteiger partial charge in [0.2, 0.25) is 10.0 Å². The highest BCUT2D eigenvalue weighted by Crippen LogP contribution is 2.32. The normalized spacial score (nSPS) is 20.1. The van der Waals surface area contributed by atoms with E-state index in [1.54, 1.807) is 25.6 Å². The van der Waals surface area contributed by atoms with Gasteiger partial charge in [-0.15, -0.1) is 11.3 Å². The summed E-state index contributed by atoms with van der Waals surface area (Å²) >= 11 is 1.51. The molecule has 126 valence electrons. The van der Waals surface area contributed by atoms with Crippen LogP contribution in [0.25, 0.3) is 0 Å². The lowest BCUT2D eigenvalue weighted by atomic mass is 10.2. The standard InChI is InChI=1S/C14H20N4O3S2/c1-9-14(10(2)17(4)16-9)23(19,20)18-5-6-21-7-13(18)12-8-22-11(3)15-12/h8,13H,5-7H2,1-4H3/t13-/m1/s1. The van der Waals surface area contributed by atoms with E-state index in [1.807, 2.05) is 12.3 Å². The van der Waals surface area contributed by atoms with Gasteiger partial charge in [-0.25, -0.2) is 13.4 Å². The van der Waals surface area contributed by atoms with Gasteiger partial charge < -0.3 is 4.74 Å². The molecule has 0 N–H and O–H groups in total. The van der Waals surface area contributed by atoms with Crippen molar-refractivity contribution in [3.63, 3.8) is 0 Å². The van der Waals surface area contributed by atoms with Crippen LogP contribution < -0.4 is 0 Å². The summed E-state index contributed by atoms with van der Waals surface area (Å²) in [6.07, 6.45) is 0. The third-order valence-electron chi connectivity index (χ3n) is 4.07. The molecule has 2 aromatic rings. The molecule has 1 atom stereocenters. The van der Waals surface area contributed by atoms with E-state index in [-0.39, 0.29) is 0 Å². The van der Waals surface area contributed by atoms with Crippen LogP contribution in [0.3, 0.4) is 0 Å². The van der Waals surface area contributed by atoms with Gasteiger partial charge in [0.25, 0.3) is 0 Å². The number of sulfonamides is 1. The molecule has 23 heavy (non-hydrogen) atoms. The molecule has 9 heteroatoms. The van der Waals surface area contributed by atoms with E-state index in [9.17, 15) is 8.42 Å². The van der Waals surface area contributed by atoms with E-state index in [1.165, 1.54) is 15.6 Å². The van der Waals surface area contributed by atoms with Crippen molar-refractivity contribution in [1.82, 2.24) is 19.1 Å². The molecule has 1 fully saturated rings. The third-order valence-corrected chi connectivity index (χ3v) is 7.02. The zero-order valence-electron chi connectivity index (χ0n) is 13.6. The molecule has 3 heterocycles. The van der Waals surface area contributed by atoms with Crippen molar-refractivity contribution in [1.29, 1.82) is 0 Å². The van der Waals surface area contributed by atoms with Crippen LogP contribution >= 0.6 is 11.3 Å². The fourth-order valence-electron chi connectivity index (χ4n) is 2.89. The Morgan fingerprint density at radius 2 is 2.09 bits per heavy atom. The molecule has 0 saturated carbocycles. The predicted octanol–water partition coefficient (Wildman–Crippen LogP) is 1.56. The summed E-state index contributed by atoms with van der Waals surface area (Å²) in [5.74, 6) is 0. The number of nitrogens with zero attached hydrogens (tertiary/aromatic N) is 4. The van der Waals surface area contributed by atoms with Gasteiger partial charge in [-0.3, -0.25) is 4.68 Å². The Hall–Kier alpha value is -1.29. The van der Waals surface area contributed by atoms with Crippen molar-refractivity contribution >= 4 is 21.4 Å². The molecule has 1 aliphatic rings. The second-order valence-electron chi connectivity index (χ2n) is 5.62. The molecular formula is C14H20N4O3S2. The molecule has 0 aliphatic carbocycles. The highest BCUT2D eigenvalue weighted by atomic mass is 32.2. The van der Waals surface area contributed by atoms with Crippen LogP contribution in [0.4, 0.5) is 0 Å². The van der Waals surface area contributed by atoms with Gasteiger partial charge in [0.1, 0.15) is 4.90 Å². The van der Waals surface area contributed by atoms with Gasteiger partial charge in [-0.1, -0.05) is 0 Å². The molecule has 0 unspecified atom stereocenters. The molecule has 1 saturated heterocycles. The quantitative estimate of drug-likeness (QED) is 0.834. The lowest BCUT2D eigenvalue weighted by Crippen LogP contribution is -2.43. The first-order valence-electron chi connectivity index (χ1n) is 7.34. The van der Waals surface area contributed by atoms with Crippen LogP contribution in [0, 0.1) is 20.8 Å². The van der Waals surface area contributed by atoms with Crippen LogP contribution in [0.2, 0.25) is 0 Å². The Morgan fingerprint density at radius 1 is 1.35 bits per heavy atom.